The highest BCUT2D eigenvalue weighted by Gasteiger charge is 2.34. The zero-order chi connectivity index (χ0) is 13.4. The number of hydrogen-bond acceptors (Lipinski definition) is 2. The number of urea groups is 1. The summed E-state index contributed by atoms with van der Waals surface area (Å²) in [5, 5.41) is 3.00. The molecule has 0 bridgehead atoms. The number of hydrogen-bond donors (Lipinski definition) is 1. The molecule has 2 aliphatic heterocycles. The first-order chi connectivity index (χ1) is 9.15. The molecular weight excluding hydrogens is 238 g/mol. The summed E-state index contributed by atoms with van der Waals surface area (Å²) in [5.74, 6) is 0. The normalized spacial score (nSPS) is 23.6. The monoisotopic (exact) mass is 259 g/mol. The lowest BCUT2D eigenvalue weighted by Gasteiger charge is -2.34. The van der Waals surface area contributed by atoms with E-state index >= 15 is 0 Å². The van der Waals surface area contributed by atoms with Crippen molar-refractivity contribution in [3.63, 3.8) is 0 Å². The van der Waals surface area contributed by atoms with Gasteiger partial charge in [0.2, 0.25) is 0 Å². The third-order valence-corrected chi connectivity index (χ3v) is 4.23. The number of amides is 2. The van der Waals surface area contributed by atoms with Crippen molar-refractivity contribution in [1.82, 2.24) is 9.80 Å². The van der Waals surface area contributed by atoms with Crippen molar-refractivity contribution in [2.45, 2.75) is 38.9 Å². The van der Waals surface area contributed by atoms with Crippen LogP contribution in [-0.2, 0) is 6.54 Å². The van der Waals surface area contributed by atoms with E-state index in [4.69, 9.17) is 0 Å². The SMILES string of the molecule is CC(C)N1CCC(N2Cc3ccccc3NC2=O)C1. The van der Waals surface area contributed by atoms with Crippen molar-refractivity contribution in [2.24, 2.45) is 0 Å². The fourth-order valence-electron chi connectivity index (χ4n) is 3.01. The maximum Gasteiger partial charge on any atom is 0.322 e. The summed E-state index contributed by atoms with van der Waals surface area (Å²) < 4.78 is 0. The highest BCUT2D eigenvalue weighted by molar-refractivity contribution is 5.92. The van der Waals surface area contributed by atoms with Crippen LogP contribution in [0.1, 0.15) is 25.8 Å². The second-order valence-corrected chi connectivity index (χ2v) is 5.75. The van der Waals surface area contributed by atoms with Crippen LogP contribution >= 0.6 is 0 Å². The van der Waals surface area contributed by atoms with E-state index < -0.39 is 0 Å². The van der Waals surface area contributed by atoms with E-state index in [1.807, 2.05) is 23.1 Å². The minimum Gasteiger partial charge on any atom is -0.316 e. The Labute approximate surface area is 114 Å². The zero-order valence-electron chi connectivity index (χ0n) is 11.6. The van der Waals surface area contributed by atoms with Crippen LogP contribution in [0.25, 0.3) is 0 Å². The van der Waals surface area contributed by atoms with Gasteiger partial charge < -0.3 is 10.2 Å². The molecule has 1 aromatic carbocycles. The number of nitrogens with zero attached hydrogens (tertiary/aromatic N) is 2. The number of likely N-dealkylation sites (tertiary alicyclic amines) is 1. The molecule has 1 N–H and O–H groups in total. The fourth-order valence-corrected chi connectivity index (χ4v) is 3.01. The van der Waals surface area contributed by atoms with Crippen molar-refractivity contribution < 1.29 is 4.79 Å². The number of benzene rings is 1. The molecule has 19 heavy (non-hydrogen) atoms. The van der Waals surface area contributed by atoms with Gasteiger partial charge in [0.05, 0.1) is 0 Å². The van der Waals surface area contributed by atoms with Gasteiger partial charge in [-0.2, -0.15) is 0 Å². The molecule has 1 fully saturated rings. The first-order valence-corrected chi connectivity index (χ1v) is 7.04. The average Bonchev–Trinajstić information content (AvgIpc) is 2.87. The molecule has 2 amide bonds. The standard InChI is InChI=1S/C15H21N3O/c1-11(2)17-8-7-13(10-17)18-9-12-5-3-4-6-14(12)16-15(18)19/h3-6,11,13H,7-10H2,1-2H3,(H,16,19). The van der Waals surface area contributed by atoms with Gasteiger partial charge in [-0.1, -0.05) is 18.2 Å². The largest absolute Gasteiger partial charge is 0.322 e. The summed E-state index contributed by atoms with van der Waals surface area (Å²) in [7, 11) is 0. The van der Waals surface area contributed by atoms with Gasteiger partial charge in [-0.3, -0.25) is 4.90 Å². The van der Waals surface area contributed by atoms with Crippen LogP contribution in [0.3, 0.4) is 0 Å². The van der Waals surface area contributed by atoms with Crippen LogP contribution in [0.2, 0.25) is 0 Å². The Hall–Kier alpha value is -1.55. The number of para-hydroxylation sites is 1. The van der Waals surface area contributed by atoms with Crippen LogP contribution < -0.4 is 5.32 Å². The molecule has 1 atom stereocenters. The predicted octanol–water partition coefficient (Wildman–Crippen LogP) is 2.52. The Morgan fingerprint density at radius 3 is 2.84 bits per heavy atom. The molecule has 1 unspecified atom stereocenters. The van der Waals surface area contributed by atoms with Gasteiger partial charge in [-0.05, 0) is 31.9 Å². The molecule has 2 aliphatic rings. The van der Waals surface area contributed by atoms with Crippen LogP contribution in [-0.4, -0.2) is 41.0 Å². The van der Waals surface area contributed by atoms with Crippen LogP contribution in [0.5, 0.6) is 0 Å². The topological polar surface area (TPSA) is 35.6 Å². The lowest BCUT2D eigenvalue weighted by Crippen LogP contribution is -2.46. The third kappa shape index (κ3) is 2.32. The average molecular weight is 259 g/mol. The molecule has 0 spiro atoms. The number of nitrogens with one attached hydrogen (secondary N) is 1. The van der Waals surface area contributed by atoms with Crippen molar-refractivity contribution in [2.75, 3.05) is 18.4 Å². The van der Waals surface area contributed by atoms with Crippen molar-refractivity contribution in [1.29, 1.82) is 0 Å². The molecule has 3 rings (SSSR count). The van der Waals surface area contributed by atoms with Crippen LogP contribution in [0, 0.1) is 0 Å². The molecule has 0 saturated carbocycles. The predicted molar refractivity (Wildman–Crippen MR) is 76.1 cm³/mol. The molecule has 4 nitrogen and oxygen atoms in total. The maximum atomic E-state index is 12.2. The van der Waals surface area contributed by atoms with Gasteiger partial charge in [-0.15, -0.1) is 0 Å². The highest BCUT2D eigenvalue weighted by atomic mass is 16.2. The van der Waals surface area contributed by atoms with E-state index in [-0.39, 0.29) is 6.03 Å². The summed E-state index contributed by atoms with van der Waals surface area (Å²) in [6, 6.07) is 9.01. The van der Waals surface area contributed by atoms with Crippen LogP contribution in [0.15, 0.2) is 24.3 Å². The Morgan fingerprint density at radius 1 is 1.32 bits per heavy atom. The van der Waals surface area contributed by atoms with E-state index in [0.29, 0.717) is 12.1 Å². The molecule has 0 aromatic heterocycles. The molecule has 2 heterocycles. The Morgan fingerprint density at radius 2 is 2.11 bits per heavy atom. The van der Waals surface area contributed by atoms with E-state index in [1.165, 1.54) is 5.56 Å². The van der Waals surface area contributed by atoms with Gasteiger partial charge in [0.15, 0.2) is 0 Å². The van der Waals surface area contributed by atoms with Gasteiger partial charge in [0.1, 0.15) is 0 Å². The zero-order valence-corrected chi connectivity index (χ0v) is 11.6. The first-order valence-electron chi connectivity index (χ1n) is 7.04. The number of fused-ring (bicyclic) bond motifs is 1. The summed E-state index contributed by atoms with van der Waals surface area (Å²) in [6.45, 7) is 7.25. The minimum atomic E-state index is 0.0503. The first kappa shape index (κ1) is 12.5. The van der Waals surface area contributed by atoms with E-state index in [0.717, 1.165) is 31.7 Å². The van der Waals surface area contributed by atoms with E-state index in [2.05, 4.69) is 30.1 Å². The smallest absolute Gasteiger partial charge is 0.316 e. The summed E-state index contributed by atoms with van der Waals surface area (Å²) >= 11 is 0. The Bertz CT molecular complexity index is 486. The van der Waals surface area contributed by atoms with Gasteiger partial charge in [0.25, 0.3) is 0 Å². The summed E-state index contributed by atoms with van der Waals surface area (Å²) in [4.78, 5) is 16.7. The molecule has 4 heteroatoms. The maximum absolute atomic E-state index is 12.2. The molecule has 0 radical (unpaired) electrons. The van der Waals surface area contributed by atoms with E-state index in [1.54, 1.807) is 0 Å². The quantitative estimate of drug-likeness (QED) is 0.886. The number of rotatable bonds is 2. The third-order valence-electron chi connectivity index (χ3n) is 4.23. The van der Waals surface area contributed by atoms with Gasteiger partial charge in [-0.25, -0.2) is 4.79 Å². The summed E-state index contributed by atoms with van der Waals surface area (Å²) in [6.07, 6.45) is 1.08. The molecule has 0 aliphatic carbocycles. The minimum absolute atomic E-state index is 0.0503. The lowest BCUT2D eigenvalue weighted by molar-refractivity contribution is 0.175. The van der Waals surface area contributed by atoms with Gasteiger partial charge in [0, 0.05) is 37.4 Å². The van der Waals surface area contributed by atoms with Crippen molar-refractivity contribution in [3.05, 3.63) is 29.8 Å². The van der Waals surface area contributed by atoms with Crippen molar-refractivity contribution >= 4 is 11.7 Å². The number of anilines is 1. The molecule has 102 valence electrons. The van der Waals surface area contributed by atoms with Crippen LogP contribution in [0.4, 0.5) is 10.5 Å². The second-order valence-electron chi connectivity index (χ2n) is 5.75. The Balaban J connectivity index is 1.75. The van der Waals surface area contributed by atoms with Crippen molar-refractivity contribution in [3.8, 4) is 0 Å². The molecule has 1 aromatic rings. The number of carbonyl (C=O) groups is 1. The lowest BCUT2D eigenvalue weighted by atomic mass is 10.1. The van der Waals surface area contributed by atoms with Gasteiger partial charge >= 0.3 is 6.03 Å². The summed E-state index contributed by atoms with van der Waals surface area (Å²) in [5.41, 5.74) is 2.17. The van der Waals surface area contributed by atoms with E-state index in [9.17, 15) is 4.79 Å². The number of carbonyl (C=O) groups excluding carboxylic acids is 1. The molecular formula is C15H21N3O. The highest BCUT2D eigenvalue weighted by Crippen LogP contribution is 2.27. The molecule has 1 saturated heterocycles. The fraction of sp³-hybridized carbons (Fsp3) is 0.533. The Kier molecular flexibility index (Phi) is 3.19. The second kappa shape index (κ2) is 4.85.